The standard InChI is InChI=1S/C29H39NO7/c1-3-30-13-27(14-31)10-9-19(32)29-17-11-16-18(36-2)12-28(35,21(25(29)30)22(33)24(27)29)20(17)23(16)37-26(34)15-7-5-4-6-8-15/h4-8,16-25,31-33,35H,3,9-14H2,1-2H3/t16-,17-,18+,19+,20-,21+,22+,23+,24-,25-,27+,28-,29?/m1/s1. The Bertz CT molecular complexity index is 1090. The summed E-state index contributed by atoms with van der Waals surface area (Å²) < 4.78 is 12.2. The van der Waals surface area contributed by atoms with Crippen LogP contribution in [-0.2, 0) is 9.47 Å². The minimum Gasteiger partial charge on any atom is -0.458 e. The number of esters is 1. The summed E-state index contributed by atoms with van der Waals surface area (Å²) in [5.74, 6) is -1.91. The number of carbonyl (C=O) groups excluding carboxylic acids is 1. The second-order valence-corrected chi connectivity index (χ2v) is 12.8. The van der Waals surface area contributed by atoms with Gasteiger partial charge in [0.05, 0.1) is 36.1 Å². The van der Waals surface area contributed by atoms with Gasteiger partial charge in [-0.2, -0.15) is 0 Å². The number of nitrogens with zero attached hydrogens (tertiary/aromatic N) is 1. The predicted molar refractivity (Wildman–Crippen MR) is 132 cm³/mol. The maximum atomic E-state index is 13.3. The molecule has 6 aliphatic rings. The van der Waals surface area contributed by atoms with E-state index < -0.39 is 52.5 Å². The van der Waals surface area contributed by atoms with Crippen molar-refractivity contribution >= 4 is 5.97 Å². The smallest absolute Gasteiger partial charge is 0.338 e. The highest BCUT2D eigenvalue weighted by Gasteiger charge is 2.86. The van der Waals surface area contributed by atoms with Crippen molar-refractivity contribution < 1.29 is 34.7 Å². The molecule has 1 spiro atoms. The van der Waals surface area contributed by atoms with Crippen LogP contribution < -0.4 is 0 Å². The Morgan fingerprint density at radius 1 is 1.19 bits per heavy atom. The Balaban J connectivity index is 1.39. The van der Waals surface area contributed by atoms with Gasteiger partial charge in [0.1, 0.15) is 6.10 Å². The van der Waals surface area contributed by atoms with Crippen LogP contribution in [0.4, 0.5) is 0 Å². The lowest BCUT2D eigenvalue weighted by Gasteiger charge is -2.68. The topological polar surface area (TPSA) is 120 Å². The van der Waals surface area contributed by atoms with Crippen molar-refractivity contribution in [3.05, 3.63) is 35.9 Å². The van der Waals surface area contributed by atoms with E-state index in [0.717, 1.165) is 0 Å². The fraction of sp³-hybridized carbons (Fsp3) is 0.759. The first-order chi connectivity index (χ1) is 17.8. The number of hydrogen-bond donors (Lipinski definition) is 4. The highest BCUT2D eigenvalue weighted by atomic mass is 16.6. The average Bonchev–Trinajstić information content (AvgIpc) is 3.33. The molecule has 5 saturated carbocycles. The van der Waals surface area contributed by atoms with E-state index in [0.29, 0.717) is 44.3 Å². The van der Waals surface area contributed by atoms with Crippen LogP contribution in [0, 0.1) is 40.4 Å². The minimum absolute atomic E-state index is 0.0501. The van der Waals surface area contributed by atoms with E-state index >= 15 is 0 Å². The number of likely N-dealkylation sites (tertiary alicyclic amines) is 1. The van der Waals surface area contributed by atoms with Gasteiger partial charge in [-0.25, -0.2) is 4.79 Å². The molecular weight excluding hydrogens is 474 g/mol. The largest absolute Gasteiger partial charge is 0.458 e. The van der Waals surface area contributed by atoms with E-state index in [1.54, 1.807) is 31.4 Å². The summed E-state index contributed by atoms with van der Waals surface area (Å²) in [7, 11) is 1.64. The molecule has 7 bridgehead atoms. The first kappa shape index (κ1) is 24.5. The maximum Gasteiger partial charge on any atom is 0.338 e. The highest BCUT2D eigenvalue weighted by molar-refractivity contribution is 5.89. The summed E-state index contributed by atoms with van der Waals surface area (Å²) in [6.45, 7) is 3.41. The Hall–Kier alpha value is -1.55. The quantitative estimate of drug-likeness (QED) is 0.432. The Kier molecular flexibility index (Phi) is 5.29. The first-order valence-corrected chi connectivity index (χ1v) is 14.0. The number of rotatable bonds is 5. The Morgan fingerprint density at radius 2 is 1.95 bits per heavy atom. The van der Waals surface area contributed by atoms with Gasteiger partial charge in [0, 0.05) is 60.6 Å². The lowest BCUT2D eigenvalue weighted by atomic mass is 9.43. The molecule has 1 unspecified atom stereocenters. The second kappa shape index (κ2) is 7.99. The molecule has 1 aromatic rings. The van der Waals surface area contributed by atoms with Gasteiger partial charge in [-0.1, -0.05) is 25.1 Å². The number of ether oxygens (including phenoxy) is 2. The average molecular weight is 514 g/mol. The number of aliphatic hydroxyl groups excluding tert-OH is 3. The second-order valence-electron chi connectivity index (χ2n) is 12.8. The third-order valence-corrected chi connectivity index (χ3v) is 12.0. The van der Waals surface area contributed by atoms with Crippen LogP contribution in [0.5, 0.6) is 0 Å². The zero-order valence-electron chi connectivity index (χ0n) is 21.6. The van der Waals surface area contributed by atoms with Crippen LogP contribution in [0.25, 0.3) is 0 Å². The molecule has 37 heavy (non-hydrogen) atoms. The molecule has 8 heteroatoms. The van der Waals surface area contributed by atoms with Crippen molar-refractivity contribution in [1.82, 2.24) is 4.90 Å². The van der Waals surface area contributed by atoms with Crippen molar-refractivity contribution in [2.45, 2.75) is 68.7 Å². The number of carbonyl (C=O) groups is 1. The van der Waals surface area contributed by atoms with E-state index in [1.807, 2.05) is 6.07 Å². The molecule has 5 aliphatic carbocycles. The maximum absolute atomic E-state index is 13.3. The summed E-state index contributed by atoms with van der Waals surface area (Å²) in [6.07, 6.45) is -0.164. The number of benzene rings is 1. The summed E-state index contributed by atoms with van der Waals surface area (Å²) in [5.41, 5.74) is -2.05. The molecule has 0 aromatic heterocycles. The fourth-order valence-electron chi connectivity index (χ4n) is 11.1. The fourth-order valence-corrected chi connectivity index (χ4v) is 11.1. The number of hydrogen-bond acceptors (Lipinski definition) is 8. The van der Waals surface area contributed by atoms with Gasteiger partial charge in [0.2, 0.25) is 0 Å². The van der Waals surface area contributed by atoms with E-state index in [1.165, 1.54) is 0 Å². The zero-order chi connectivity index (χ0) is 25.9. The van der Waals surface area contributed by atoms with Crippen LogP contribution in [0.2, 0.25) is 0 Å². The molecule has 1 aliphatic heterocycles. The summed E-state index contributed by atoms with van der Waals surface area (Å²) in [4.78, 5) is 15.6. The molecule has 1 heterocycles. The molecule has 0 amide bonds. The Morgan fingerprint density at radius 3 is 2.62 bits per heavy atom. The van der Waals surface area contributed by atoms with Gasteiger partial charge in [-0.05, 0) is 43.9 Å². The number of aliphatic hydroxyl groups is 4. The van der Waals surface area contributed by atoms with E-state index in [2.05, 4.69) is 11.8 Å². The minimum atomic E-state index is -1.31. The van der Waals surface area contributed by atoms with Crippen molar-refractivity contribution in [2.24, 2.45) is 40.4 Å². The SMILES string of the molecule is CCN1C[C@]2(CO)CC[C@H](O)C34[C@@H]5C[C@H]6[C@H](OC(=O)c7ccccc7)[C@@H]5[C@](O)(C[C@@H]6OC)[C@@H]([C@H](O)[C@@H]32)[C@@H]14. The van der Waals surface area contributed by atoms with Gasteiger partial charge >= 0.3 is 5.97 Å². The molecule has 8 nitrogen and oxygen atoms in total. The Labute approximate surface area is 217 Å². The highest BCUT2D eigenvalue weighted by Crippen LogP contribution is 2.78. The lowest BCUT2D eigenvalue weighted by molar-refractivity contribution is -0.271. The third kappa shape index (κ3) is 2.72. The normalized spacial score (nSPS) is 53.2. The van der Waals surface area contributed by atoms with Gasteiger partial charge in [-0.15, -0.1) is 0 Å². The monoisotopic (exact) mass is 513 g/mol. The summed E-state index contributed by atoms with van der Waals surface area (Å²) in [6, 6.07) is 8.71. The molecule has 7 rings (SSSR count). The number of piperidine rings is 1. The molecule has 202 valence electrons. The molecule has 1 saturated heterocycles. The molecule has 6 fully saturated rings. The van der Waals surface area contributed by atoms with E-state index in [4.69, 9.17) is 9.47 Å². The van der Waals surface area contributed by atoms with Crippen molar-refractivity contribution in [3.8, 4) is 0 Å². The van der Waals surface area contributed by atoms with Crippen molar-refractivity contribution in [3.63, 3.8) is 0 Å². The molecular formula is C29H39NO7. The molecule has 0 radical (unpaired) electrons. The van der Waals surface area contributed by atoms with Crippen LogP contribution in [0.15, 0.2) is 30.3 Å². The van der Waals surface area contributed by atoms with E-state index in [-0.39, 0.29) is 36.5 Å². The zero-order valence-corrected chi connectivity index (χ0v) is 21.6. The van der Waals surface area contributed by atoms with Crippen LogP contribution in [-0.4, -0.2) is 94.2 Å². The number of methoxy groups -OCH3 is 1. The van der Waals surface area contributed by atoms with Crippen molar-refractivity contribution in [2.75, 3.05) is 26.8 Å². The van der Waals surface area contributed by atoms with Crippen LogP contribution in [0.3, 0.4) is 0 Å². The van der Waals surface area contributed by atoms with Crippen molar-refractivity contribution in [1.29, 1.82) is 0 Å². The van der Waals surface area contributed by atoms with Gasteiger partial charge in [-0.3, -0.25) is 4.90 Å². The first-order valence-electron chi connectivity index (χ1n) is 14.0. The van der Waals surface area contributed by atoms with Gasteiger partial charge in [0.15, 0.2) is 0 Å². The molecule has 1 aromatic carbocycles. The van der Waals surface area contributed by atoms with Crippen LogP contribution >= 0.6 is 0 Å². The van der Waals surface area contributed by atoms with E-state index in [9.17, 15) is 25.2 Å². The van der Waals surface area contributed by atoms with Crippen LogP contribution in [0.1, 0.15) is 43.0 Å². The number of fused-ring (bicyclic) bond motifs is 2. The van der Waals surface area contributed by atoms with Gasteiger partial charge < -0.3 is 29.9 Å². The third-order valence-electron chi connectivity index (χ3n) is 12.0. The molecule has 13 atom stereocenters. The summed E-state index contributed by atoms with van der Waals surface area (Å²) in [5, 5.41) is 47.5. The molecule has 4 N–H and O–H groups in total. The van der Waals surface area contributed by atoms with Gasteiger partial charge in [0.25, 0.3) is 0 Å². The summed E-state index contributed by atoms with van der Waals surface area (Å²) >= 11 is 0. The lowest BCUT2D eigenvalue weighted by Crippen LogP contribution is -2.76. The predicted octanol–water partition coefficient (Wildman–Crippen LogP) is 1.06.